The normalized spacial score (nSPS) is 42.2. The van der Waals surface area contributed by atoms with Crippen molar-refractivity contribution in [3.63, 3.8) is 0 Å². The van der Waals surface area contributed by atoms with Gasteiger partial charge in [0.25, 0.3) is 0 Å². The maximum atomic E-state index is 5.96. The second-order valence-corrected chi connectivity index (χ2v) is 6.08. The summed E-state index contributed by atoms with van der Waals surface area (Å²) in [7, 11) is 0. The van der Waals surface area contributed by atoms with Crippen molar-refractivity contribution in [2.45, 2.75) is 62.6 Å². The van der Waals surface area contributed by atoms with Crippen LogP contribution in [0, 0.1) is 0 Å². The molecule has 3 fully saturated rings. The second kappa shape index (κ2) is 3.97. The smallest absolute Gasteiger partial charge is 0.0697 e. The number of hydrogen-bond acceptors (Lipinski definition) is 3. The predicted molar refractivity (Wildman–Crippen MR) is 62.5 cm³/mol. The molecule has 2 aliphatic heterocycles. The van der Waals surface area contributed by atoms with Gasteiger partial charge in [-0.25, -0.2) is 0 Å². The fourth-order valence-electron chi connectivity index (χ4n) is 3.34. The third-order valence-electron chi connectivity index (χ3n) is 4.53. The zero-order chi connectivity index (χ0) is 11.1. The number of ether oxygens (including phenoxy) is 2. The minimum absolute atomic E-state index is 0.215. The molecular formula is C13H23NO2. The van der Waals surface area contributed by atoms with Gasteiger partial charge in [-0.2, -0.15) is 0 Å². The third-order valence-corrected chi connectivity index (χ3v) is 4.53. The Morgan fingerprint density at radius 2 is 2.06 bits per heavy atom. The molecule has 0 bridgehead atoms. The first kappa shape index (κ1) is 11.0. The quantitative estimate of drug-likeness (QED) is 0.778. The first-order chi connectivity index (χ1) is 7.70. The average molecular weight is 225 g/mol. The summed E-state index contributed by atoms with van der Waals surface area (Å²) in [5.41, 5.74) is 0.471. The standard InChI is InChI=1S/C13H23NO2/c1-12(6-8-15-10-12)14-11-3-7-16-13(9-11)4-2-5-13/h11,14H,2-10H2,1H3. The van der Waals surface area contributed by atoms with Crippen LogP contribution in [0.4, 0.5) is 0 Å². The summed E-state index contributed by atoms with van der Waals surface area (Å²) in [5, 5.41) is 3.81. The summed E-state index contributed by atoms with van der Waals surface area (Å²) in [6, 6.07) is 0.640. The largest absolute Gasteiger partial charge is 0.379 e. The average Bonchev–Trinajstić information content (AvgIpc) is 2.63. The van der Waals surface area contributed by atoms with E-state index in [0.29, 0.717) is 6.04 Å². The maximum absolute atomic E-state index is 5.96. The van der Waals surface area contributed by atoms with Crippen molar-refractivity contribution in [2.75, 3.05) is 19.8 Å². The lowest BCUT2D eigenvalue weighted by Crippen LogP contribution is -2.56. The molecule has 2 saturated heterocycles. The van der Waals surface area contributed by atoms with Crippen molar-refractivity contribution < 1.29 is 9.47 Å². The fraction of sp³-hybridized carbons (Fsp3) is 1.00. The Kier molecular flexibility index (Phi) is 2.73. The molecule has 0 amide bonds. The van der Waals surface area contributed by atoms with Gasteiger partial charge in [0.1, 0.15) is 0 Å². The van der Waals surface area contributed by atoms with E-state index in [1.807, 2.05) is 0 Å². The van der Waals surface area contributed by atoms with Gasteiger partial charge < -0.3 is 14.8 Å². The molecule has 0 aromatic rings. The molecule has 3 aliphatic rings. The van der Waals surface area contributed by atoms with E-state index in [9.17, 15) is 0 Å². The molecule has 2 unspecified atom stereocenters. The van der Waals surface area contributed by atoms with Crippen molar-refractivity contribution in [1.29, 1.82) is 0 Å². The summed E-state index contributed by atoms with van der Waals surface area (Å²) in [6.45, 7) is 5.02. The highest BCUT2D eigenvalue weighted by Gasteiger charge is 2.44. The number of hydrogen-bond donors (Lipinski definition) is 1. The molecule has 3 heteroatoms. The zero-order valence-electron chi connectivity index (χ0n) is 10.3. The molecule has 3 nitrogen and oxygen atoms in total. The van der Waals surface area contributed by atoms with Crippen LogP contribution in [-0.2, 0) is 9.47 Å². The highest BCUT2D eigenvalue weighted by molar-refractivity contribution is 4.99. The lowest BCUT2D eigenvalue weighted by molar-refractivity contribution is -0.137. The first-order valence-electron chi connectivity index (χ1n) is 6.69. The minimum atomic E-state index is 0.215. The van der Waals surface area contributed by atoms with Crippen molar-refractivity contribution in [1.82, 2.24) is 5.32 Å². The van der Waals surface area contributed by atoms with Gasteiger partial charge in [-0.15, -0.1) is 0 Å². The highest BCUT2D eigenvalue weighted by Crippen LogP contribution is 2.42. The molecule has 3 rings (SSSR count). The van der Waals surface area contributed by atoms with E-state index >= 15 is 0 Å². The van der Waals surface area contributed by atoms with Crippen molar-refractivity contribution >= 4 is 0 Å². The van der Waals surface area contributed by atoms with Crippen molar-refractivity contribution in [3.05, 3.63) is 0 Å². The van der Waals surface area contributed by atoms with Gasteiger partial charge in [-0.3, -0.25) is 0 Å². The topological polar surface area (TPSA) is 30.5 Å². The van der Waals surface area contributed by atoms with Crippen LogP contribution in [0.5, 0.6) is 0 Å². The van der Waals surface area contributed by atoms with Crippen molar-refractivity contribution in [3.8, 4) is 0 Å². The van der Waals surface area contributed by atoms with E-state index < -0.39 is 0 Å². The van der Waals surface area contributed by atoms with Gasteiger partial charge in [0, 0.05) is 24.8 Å². The monoisotopic (exact) mass is 225 g/mol. The molecule has 1 spiro atoms. The van der Waals surface area contributed by atoms with Gasteiger partial charge in [0.15, 0.2) is 0 Å². The number of rotatable bonds is 2. The van der Waals surface area contributed by atoms with Crippen LogP contribution in [0.25, 0.3) is 0 Å². The molecule has 16 heavy (non-hydrogen) atoms. The summed E-state index contributed by atoms with van der Waals surface area (Å²) >= 11 is 0. The Bertz CT molecular complexity index is 257. The van der Waals surface area contributed by atoms with Crippen molar-refractivity contribution in [2.24, 2.45) is 0 Å². The van der Waals surface area contributed by atoms with Gasteiger partial charge >= 0.3 is 0 Å². The van der Waals surface area contributed by atoms with E-state index in [2.05, 4.69) is 12.2 Å². The SMILES string of the molecule is CC1(NC2CCOC3(CCC3)C2)CCOC1. The Morgan fingerprint density at radius 3 is 2.69 bits per heavy atom. The molecule has 92 valence electrons. The van der Waals surface area contributed by atoms with Crippen LogP contribution in [0.3, 0.4) is 0 Å². The van der Waals surface area contributed by atoms with Crippen LogP contribution < -0.4 is 5.32 Å². The molecule has 1 N–H and O–H groups in total. The lowest BCUT2D eigenvalue weighted by atomic mass is 9.73. The van der Waals surface area contributed by atoms with Gasteiger partial charge in [-0.05, 0) is 45.4 Å². The Hall–Kier alpha value is -0.120. The fourth-order valence-corrected chi connectivity index (χ4v) is 3.34. The third kappa shape index (κ3) is 2.01. The molecule has 0 aromatic carbocycles. The lowest BCUT2D eigenvalue weighted by Gasteiger charge is -2.48. The predicted octanol–water partition coefficient (Wildman–Crippen LogP) is 1.86. The summed E-state index contributed by atoms with van der Waals surface area (Å²) < 4.78 is 11.5. The van der Waals surface area contributed by atoms with Gasteiger partial charge in [0.05, 0.1) is 12.2 Å². The Morgan fingerprint density at radius 1 is 1.19 bits per heavy atom. The Labute approximate surface area is 97.9 Å². The molecule has 0 aromatic heterocycles. The van der Waals surface area contributed by atoms with E-state index in [-0.39, 0.29) is 11.1 Å². The molecular weight excluding hydrogens is 202 g/mol. The minimum Gasteiger partial charge on any atom is -0.379 e. The molecule has 0 radical (unpaired) electrons. The molecule has 1 aliphatic carbocycles. The summed E-state index contributed by atoms with van der Waals surface area (Å²) in [5.74, 6) is 0. The zero-order valence-corrected chi connectivity index (χ0v) is 10.3. The van der Waals surface area contributed by atoms with Crippen LogP contribution in [0.2, 0.25) is 0 Å². The van der Waals surface area contributed by atoms with E-state index in [1.54, 1.807) is 0 Å². The summed E-state index contributed by atoms with van der Waals surface area (Å²) in [4.78, 5) is 0. The van der Waals surface area contributed by atoms with Crippen LogP contribution in [0.1, 0.15) is 45.4 Å². The highest BCUT2D eigenvalue weighted by atomic mass is 16.5. The van der Waals surface area contributed by atoms with Crippen LogP contribution in [0.15, 0.2) is 0 Å². The molecule has 1 saturated carbocycles. The van der Waals surface area contributed by atoms with Gasteiger partial charge in [0.2, 0.25) is 0 Å². The second-order valence-electron chi connectivity index (χ2n) is 6.08. The number of nitrogens with one attached hydrogen (secondary N) is 1. The van der Waals surface area contributed by atoms with Crippen LogP contribution in [-0.4, -0.2) is 37.0 Å². The van der Waals surface area contributed by atoms with E-state index in [4.69, 9.17) is 9.47 Å². The first-order valence-corrected chi connectivity index (χ1v) is 6.69. The maximum Gasteiger partial charge on any atom is 0.0697 e. The Balaban J connectivity index is 1.58. The van der Waals surface area contributed by atoms with Crippen LogP contribution >= 0.6 is 0 Å². The molecule has 2 atom stereocenters. The summed E-state index contributed by atoms with van der Waals surface area (Å²) in [6.07, 6.45) is 7.43. The van der Waals surface area contributed by atoms with E-state index in [1.165, 1.54) is 25.7 Å². The molecule has 2 heterocycles. The van der Waals surface area contributed by atoms with E-state index in [0.717, 1.165) is 32.7 Å². The van der Waals surface area contributed by atoms with Gasteiger partial charge in [-0.1, -0.05) is 0 Å².